The van der Waals surface area contributed by atoms with E-state index in [1.54, 1.807) is 23.7 Å². The number of hydrogen-bond acceptors (Lipinski definition) is 5. The summed E-state index contributed by atoms with van der Waals surface area (Å²) in [6.45, 7) is 0. The average Bonchev–Trinajstić information content (AvgIpc) is 2.93. The molecule has 20 heavy (non-hydrogen) atoms. The lowest BCUT2D eigenvalue weighted by Gasteiger charge is -2.10. The van der Waals surface area contributed by atoms with Gasteiger partial charge in [-0.2, -0.15) is 21.6 Å². The number of alkyl halides is 3. The highest BCUT2D eigenvalue weighted by Crippen LogP contribution is 2.31. The summed E-state index contributed by atoms with van der Waals surface area (Å²) in [6.07, 6.45) is 1.59. The molecule has 0 spiro atoms. The molecule has 0 N–H and O–H groups in total. The molecule has 0 amide bonds. The van der Waals surface area contributed by atoms with E-state index < -0.39 is 21.5 Å². The van der Waals surface area contributed by atoms with Crippen LogP contribution < -0.4 is 4.18 Å². The van der Waals surface area contributed by atoms with Crippen LogP contribution in [-0.4, -0.2) is 23.3 Å². The first-order valence-corrected chi connectivity index (χ1v) is 7.43. The lowest BCUT2D eigenvalue weighted by Crippen LogP contribution is -2.28. The normalized spacial score (nSPS) is 13.2. The quantitative estimate of drug-likeness (QED) is 0.538. The van der Waals surface area contributed by atoms with Gasteiger partial charge in [0.15, 0.2) is 0 Å². The highest BCUT2D eigenvalue weighted by atomic mass is 32.2. The fraction of sp³-hybridized carbons (Fsp3) is 0.100. The number of aromatic nitrogens is 2. The second-order valence-corrected chi connectivity index (χ2v) is 6.21. The van der Waals surface area contributed by atoms with E-state index in [1.807, 2.05) is 0 Å². The Balaban J connectivity index is 2.22. The fourth-order valence-corrected chi connectivity index (χ4v) is 2.93. The van der Waals surface area contributed by atoms with Crippen molar-refractivity contribution in [3.8, 4) is 5.88 Å². The minimum atomic E-state index is -5.74. The van der Waals surface area contributed by atoms with E-state index in [0.29, 0.717) is 10.3 Å². The molecule has 3 aromatic heterocycles. The van der Waals surface area contributed by atoms with E-state index in [0.717, 1.165) is 0 Å². The molecular formula is C10H5F3N2O3S2. The van der Waals surface area contributed by atoms with Crippen molar-refractivity contribution < 1.29 is 25.8 Å². The van der Waals surface area contributed by atoms with Gasteiger partial charge in [0.05, 0.1) is 0 Å². The third-order valence-electron chi connectivity index (χ3n) is 2.51. The second kappa shape index (κ2) is 4.09. The van der Waals surface area contributed by atoms with Crippen molar-refractivity contribution in [2.75, 3.05) is 0 Å². The molecule has 3 rings (SSSR count). The molecular weight excluding hydrogens is 317 g/mol. The molecule has 0 aromatic carbocycles. The van der Waals surface area contributed by atoms with Crippen LogP contribution in [-0.2, 0) is 10.1 Å². The third kappa shape index (κ3) is 1.91. The van der Waals surface area contributed by atoms with Gasteiger partial charge in [0.1, 0.15) is 15.9 Å². The molecule has 106 valence electrons. The van der Waals surface area contributed by atoms with Crippen molar-refractivity contribution in [2.45, 2.75) is 5.51 Å². The zero-order chi connectivity index (χ0) is 14.5. The Morgan fingerprint density at radius 2 is 2.05 bits per heavy atom. The van der Waals surface area contributed by atoms with Crippen LogP contribution in [0, 0.1) is 0 Å². The standard InChI is InChI=1S/C10H5F3N2O3S2/c11-10(12,13)20(16,17)18-8-7-2-1-4-15(7)9-6(14-8)3-5-19-9/h1-5H. The monoisotopic (exact) mass is 322 g/mol. The molecule has 0 aliphatic carbocycles. The summed E-state index contributed by atoms with van der Waals surface area (Å²) in [5, 5.41) is 1.69. The Hall–Kier alpha value is -1.81. The molecule has 3 aromatic rings. The molecule has 0 bridgehead atoms. The van der Waals surface area contributed by atoms with E-state index >= 15 is 0 Å². The second-order valence-electron chi connectivity index (χ2n) is 3.77. The van der Waals surface area contributed by atoms with Crippen molar-refractivity contribution in [3.05, 3.63) is 29.8 Å². The number of fused-ring (bicyclic) bond motifs is 3. The molecule has 3 heterocycles. The first-order chi connectivity index (χ1) is 9.29. The zero-order valence-electron chi connectivity index (χ0n) is 9.46. The highest BCUT2D eigenvalue weighted by Gasteiger charge is 2.49. The Morgan fingerprint density at radius 1 is 1.30 bits per heavy atom. The van der Waals surface area contributed by atoms with Crippen LogP contribution in [0.15, 0.2) is 29.8 Å². The number of rotatable bonds is 2. The maximum atomic E-state index is 12.4. The zero-order valence-corrected chi connectivity index (χ0v) is 11.1. The number of halogens is 3. The van der Waals surface area contributed by atoms with Crippen LogP contribution in [0.5, 0.6) is 5.88 Å². The summed E-state index contributed by atoms with van der Waals surface area (Å²) < 4.78 is 64.9. The molecule has 0 radical (unpaired) electrons. The van der Waals surface area contributed by atoms with Crippen LogP contribution in [0.4, 0.5) is 13.2 Å². The predicted molar refractivity (Wildman–Crippen MR) is 66.2 cm³/mol. The molecule has 0 fully saturated rings. The van der Waals surface area contributed by atoms with Crippen LogP contribution in [0.25, 0.3) is 15.9 Å². The van der Waals surface area contributed by atoms with Crippen molar-refractivity contribution >= 4 is 37.3 Å². The van der Waals surface area contributed by atoms with E-state index in [2.05, 4.69) is 9.17 Å². The van der Waals surface area contributed by atoms with Crippen LogP contribution in [0.1, 0.15) is 0 Å². The van der Waals surface area contributed by atoms with Crippen molar-refractivity contribution in [3.63, 3.8) is 0 Å². The van der Waals surface area contributed by atoms with Gasteiger partial charge in [0.25, 0.3) is 5.88 Å². The largest absolute Gasteiger partial charge is 0.534 e. The van der Waals surface area contributed by atoms with E-state index in [1.165, 1.54) is 21.8 Å². The average molecular weight is 322 g/mol. The van der Waals surface area contributed by atoms with Crippen molar-refractivity contribution in [2.24, 2.45) is 0 Å². The number of hydrogen-bond donors (Lipinski definition) is 0. The van der Waals surface area contributed by atoms with Gasteiger partial charge >= 0.3 is 15.6 Å². The first kappa shape index (κ1) is 13.2. The van der Waals surface area contributed by atoms with Gasteiger partial charge in [0, 0.05) is 6.20 Å². The van der Waals surface area contributed by atoms with Gasteiger partial charge in [-0.15, -0.1) is 11.3 Å². The Labute approximate surface area is 114 Å². The molecule has 0 aliphatic rings. The Bertz CT molecular complexity index is 895. The molecule has 10 heteroatoms. The van der Waals surface area contributed by atoms with Gasteiger partial charge in [-0.05, 0) is 23.6 Å². The topological polar surface area (TPSA) is 60.7 Å². The smallest absolute Gasteiger partial charge is 0.353 e. The fourth-order valence-electron chi connectivity index (χ4n) is 1.67. The first-order valence-electron chi connectivity index (χ1n) is 5.14. The Morgan fingerprint density at radius 3 is 2.75 bits per heavy atom. The summed E-state index contributed by atoms with van der Waals surface area (Å²) in [4.78, 5) is 4.50. The van der Waals surface area contributed by atoms with Gasteiger partial charge in [-0.1, -0.05) is 0 Å². The summed E-state index contributed by atoms with van der Waals surface area (Å²) in [7, 11) is -5.74. The summed E-state index contributed by atoms with van der Waals surface area (Å²) in [6, 6.07) is 4.54. The Kier molecular flexibility index (Phi) is 2.70. The molecule has 0 aliphatic heterocycles. The van der Waals surface area contributed by atoms with Crippen LogP contribution in [0.3, 0.4) is 0 Å². The van der Waals surface area contributed by atoms with Crippen molar-refractivity contribution in [1.29, 1.82) is 0 Å². The van der Waals surface area contributed by atoms with Gasteiger partial charge in [0.2, 0.25) is 0 Å². The predicted octanol–water partition coefficient (Wildman–Crippen LogP) is 2.78. The number of nitrogens with zero attached hydrogens (tertiary/aromatic N) is 2. The lowest BCUT2D eigenvalue weighted by molar-refractivity contribution is -0.0500. The van der Waals surface area contributed by atoms with Gasteiger partial charge in [-0.25, -0.2) is 4.98 Å². The number of thiophene rings is 1. The molecule has 0 atom stereocenters. The molecule has 0 saturated heterocycles. The van der Waals surface area contributed by atoms with Crippen LogP contribution in [0.2, 0.25) is 0 Å². The minimum absolute atomic E-state index is 0.146. The highest BCUT2D eigenvalue weighted by molar-refractivity contribution is 7.88. The van der Waals surface area contributed by atoms with Gasteiger partial charge < -0.3 is 8.58 Å². The molecule has 0 saturated carbocycles. The minimum Gasteiger partial charge on any atom is -0.353 e. The summed E-state index contributed by atoms with van der Waals surface area (Å²) in [5.41, 5.74) is -5.00. The maximum Gasteiger partial charge on any atom is 0.534 e. The van der Waals surface area contributed by atoms with E-state index in [-0.39, 0.29) is 5.52 Å². The van der Waals surface area contributed by atoms with E-state index in [4.69, 9.17) is 0 Å². The SMILES string of the molecule is O=S(=O)(Oc1nc2ccsc2n2cccc12)C(F)(F)F. The third-order valence-corrected chi connectivity index (χ3v) is 4.35. The lowest BCUT2D eigenvalue weighted by atomic mass is 10.4. The molecule has 0 unspecified atom stereocenters. The maximum absolute atomic E-state index is 12.4. The van der Waals surface area contributed by atoms with E-state index in [9.17, 15) is 21.6 Å². The van der Waals surface area contributed by atoms with Crippen molar-refractivity contribution in [1.82, 2.24) is 9.38 Å². The van der Waals surface area contributed by atoms with Gasteiger partial charge in [-0.3, -0.25) is 0 Å². The summed E-state index contributed by atoms with van der Waals surface area (Å²) in [5.74, 6) is -0.599. The van der Waals surface area contributed by atoms with Crippen LogP contribution >= 0.6 is 11.3 Å². The summed E-state index contributed by atoms with van der Waals surface area (Å²) >= 11 is 1.33. The molecule has 5 nitrogen and oxygen atoms in total.